The van der Waals surface area contributed by atoms with Crippen LogP contribution in [-0.2, 0) is 4.74 Å². The van der Waals surface area contributed by atoms with Gasteiger partial charge in [0, 0.05) is 12.6 Å². The highest BCUT2D eigenvalue weighted by molar-refractivity contribution is 4.71. The summed E-state index contributed by atoms with van der Waals surface area (Å²) in [4.78, 5) is 2.37. The Kier molecular flexibility index (Phi) is 4.58. The van der Waals surface area contributed by atoms with Crippen molar-refractivity contribution in [2.45, 2.75) is 25.3 Å². The largest absolute Gasteiger partial charge is 0.380 e. The molecule has 1 fully saturated rings. The number of rotatable bonds is 4. The van der Waals surface area contributed by atoms with Crippen molar-refractivity contribution < 1.29 is 4.74 Å². The van der Waals surface area contributed by atoms with Gasteiger partial charge >= 0.3 is 0 Å². The van der Waals surface area contributed by atoms with E-state index in [1.807, 2.05) is 0 Å². The van der Waals surface area contributed by atoms with Gasteiger partial charge in [0.2, 0.25) is 0 Å². The molecule has 3 heteroatoms. The van der Waals surface area contributed by atoms with Gasteiger partial charge in [0.25, 0.3) is 0 Å². The van der Waals surface area contributed by atoms with Crippen molar-refractivity contribution in [1.29, 1.82) is 0 Å². The summed E-state index contributed by atoms with van der Waals surface area (Å²) in [6.07, 6.45) is 3.58. The summed E-state index contributed by atoms with van der Waals surface area (Å²) in [5, 5.41) is 0. The van der Waals surface area contributed by atoms with Crippen LogP contribution in [0.1, 0.15) is 19.3 Å². The molecule has 1 rings (SSSR count). The summed E-state index contributed by atoms with van der Waals surface area (Å²) in [5.41, 5.74) is 5.45. The predicted molar refractivity (Wildman–Crippen MR) is 50.1 cm³/mol. The quantitative estimate of drug-likeness (QED) is 0.669. The van der Waals surface area contributed by atoms with Crippen LogP contribution in [0.25, 0.3) is 0 Å². The van der Waals surface area contributed by atoms with Crippen LogP contribution in [0.15, 0.2) is 0 Å². The average Bonchev–Trinajstić information content (AvgIpc) is 2.15. The van der Waals surface area contributed by atoms with Crippen LogP contribution in [-0.4, -0.2) is 44.3 Å². The standard InChI is InChI=1S/C9H20N2O/c1-11(6-3-5-10)9-4-2-7-12-8-9/h9H,2-8,10H2,1H3. The second kappa shape index (κ2) is 5.51. The van der Waals surface area contributed by atoms with E-state index < -0.39 is 0 Å². The van der Waals surface area contributed by atoms with Crippen molar-refractivity contribution in [3.8, 4) is 0 Å². The van der Waals surface area contributed by atoms with E-state index >= 15 is 0 Å². The molecule has 1 heterocycles. The molecule has 0 radical (unpaired) electrons. The lowest BCUT2D eigenvalue weighted by Gasteiger charge is -2.30. The second-order valence-electron chi connectivity index (χ2n) is 3.49. The highest BCUT2D eigenvalue weighted by Crippen LogP contribution is 2.11. The summed E-state index contributed by atoms with van der Waals surface area (Å²) in [5.74, 6) is 0. The fourth-order valence-corrected chi connectivity index (χ4v) is 1.59. The van der Waals surface area contributed by atoms with Crippen LogP contribution in [0, 0.1) is 0 Å². The lowest BCUT2D eigenvalue weighted by Crippen LogP contribution is -2.39. The number of hydrogen-bond donors (Lipinski definition) is 1. The van der Waals surface area contributed by atoms with E-state index in [0.717, 1.165) is 32.7 Å². The minimum absolute atomic E-state index is 0.630. The molecule has 0 bridgehead atoms. The molecular weight excluding hydrogens is 152 g/mol. The van der Waals surface area contributed by atoms with Gasteiger partial charge in [-0.25, -0.2) is 0 Å². The molecule has 1 unspecified atom stereocenters. The zero-order valence-corrected chi connectivity index (χ0v) is 7.96. The van der Waals surface area contributed by atoms with Crippen molar-refractivity contribution in [2.75, 3.05) is 33.4 Å². The number of hydrogen-bond acceptors (Lipinski definition) is 3. The van der Waals surface area contributed by atoms with Crippen LogP contribution in [0.2, 0.25) is 0 Å². The molecule has 0 aromatic rings. The highest BCUT2D eigenvalue weighted by Gasteiger charge is 2.17. The topological polar surface area (TPSA) is 38.5 Å². The maximum absolute atomic E-state index is 5.45. The van der Waals surface area contributed by atoms with Crippen molar-refractivity contribution >= 4 is 0 Å². The fraction of sp³-hybridized carbons (Fsp3) is 1.00. The number of nitrogens with zero attached hydrogens (tertiary/aromatic N) is 1. The third kappa shape index (κ3) is 3.09. The molecule has 0 amide bonds. The normalized spacial score (nSPS) is 24.8. The molecule has 0 aromatic heterocycles. The van der Waals surface area contributed by atoms with Gasteiger partial charge in [-0.3, -0.25) is 0 Å². The van der Waals surface area contributed by atoms with Gasteiger partial charge in [-0.1, -0.05) is 0 Å². The summed E-state index contributed by atoms with van der Waals surface area (Å²) in [7, 11) is 2.16. The molecular formula is C9H20N2O. The lowest BCUT2D eigenvalue weighted by molar-refractivity contribution is 0.0276. The SMILES string of the molecule is CN(CCCN)C1CCCOC1. The van der Waals surface area contributed by atoms with Gasteiger partial charge in [-0.15, -0.1) is 0 Å². The van der Waals surface area contributed by atoms with E-state index in [1.54, 1.807) is 0 Å². The zero-order valence-electron chi connectivity index (χ0n) is 7.96. The van der Waals surface area contributed by atoms with Crippen molar-refractivity contribution in [3.63, 3.8) is 0 Å². The van der Waals surface area contributed by atoms with Crippen molar-refractivity contribution in [2.24, 2.45) is 5.73 Å². The Morgan fingerprint density at radius 3 is 3.00 bits per heavy atom. The number of nitrogens with two attached hydrogens (primary N) is 1. The Hall–Kier alpha value is -0.120. The first-order valence-electron chi connectivity index (χ1n) is 4.82. The highest BCUT2D eigenvalue weighted by atomic mass is 16.5. The molecule has 1 saturated heterocycles. The molecule has 0 saturated carbocycles. The Morgan fingerprint density at radius 2 is 2.42 bits per heavy atom. The molecule has 72 valence electrons. The first-order chi connectivity index (χ1) is 5.84. The Bertz CT molecular complexity index is 113. The third-order valence-corrected chi connectivity index (χ3v) is 2.47. The van der Waals surface area contributed by atoms with E-state index in [2.05, 4.69) is 11.9 Å². The summed E-state index contributed by atoms with van der Waals surface area (Å²) in [6.45, 7) is 3.74. The van der Waals surface area contributed by atoms with Gasteiger partial charge in [-0.05, 0) is 39.4 Å². The average molecular weight is 172 g/mol. The molecule has 1 aliphatic heterocycles. The van der Waals surface area contributed by atoms with Crippen LogP contribution in [0.4, 0.5) is 0 Å². The summed E-state index contributed by atoms with van der Waals surface area (Å²) in [6, 6.07) is 0.630. The Morgan fingerprint density at radius 1 is 1.58 bits per heavy atom. The minimum Gasteiger partial charge on any atom is -0.380 e. The van der Waals surface area contributed by atoms with Gasteiger partial charge in [0.15, 0.2) is 0 Å². The van der Waals surface area contributed by atoms with E-state index in [4.69, 9.17) is 10.5 Å². The van der Waals surface area contributed by atoms with Crippen LogP contribution < -0.4 is 5.73 Å². The molecule has 3 nitrogen and oxygen atoms in total. The lowest BCUT2D eigenvalue weighted by atomic mass is 10.1. The first-order valence-corrected chi connectivity index (χ1v) is 4.82. The third-order valence-electron chi connectivity index (χ3n) is 2.47. The molecule has 0 aromatic carbocycles. The predicted octanol–water partition coefficient (Wildman–Crippen LogP) is 0.446. The monoisotopic (exact) mass is 172 g/mol. The van der Waals surface area contributed by atoms with Gasteiger partial charge in [-0.2, -0.15) is 0 Å². The Balaban J connectivity index is 2.15. The zero-order chi connectivity index (χ0) is 8.81. The van der Waals surface area contributed by atoms with E-state index in [9.17, 15) is 0 Å². The van der Waals surface area contributed by atoms with Crippen LogP contribution >= 0.6 is 0 Å². The fourth-order valence-electron chi connectivity index (χ4n) is 1.59. The van der Waals surface area contributed by atoms with E-state index in [0.29, 0.717) is 6.04 Å². The van der Waals surface area contributed by atoms with Gasteiger partial charge < -0.3 is 15.4 Å². The van der Waals surface area contributed by atoms with E-state index in [1.165, 1.54) is 12.8 Å². The van der Waals surface area contributed by atoms with Crippen molar-refractivity contribution in [1.82, 2.24) is 4.90 Å². The maximum Gasteiger partial charge on any atom is 0.0621 e. The molecule has 1 atom stereocenters. The first kappa shape index (κ1) is 9.96. The smallest absolute Gasteiger partial charge is 0.0621 e. The maximum atomic E-state index is 5.45. The molecule has 0 aliphatic carbocycles. The Labute approximate surface area is 74.9 Å². The molecule has 2 N–H and O–H groups in total. The van der Waals surface area contributed by atoms with Crippen LogP contribution in [0.5, 0.6) is 0 Å². The van der Waals surface area contributed by atoms with Crippen LogP contribution in [0.3, 0.4) is 0 Å². The summed E-state index contributed by atoms with van der Waals surface area (Å²) >= 11 is 0. The molecule has 1 aliphatic rings. The number of ether oxygens (including phenoxy) is 1. The second-order valence-corrected chi connectivity index (χ2v) is 3.49. The van der Waals surface area contributed by atoms with Gasteiger partial charge in [0.1, 0.15) is 0 Å². The number of likely N-dealkylation sites (N-methyl/N-ethyl adjacent to an activating group) is 1. The summed E-state index contributed by atoms with van der Waals surface area (Å²) < 4.78 is 5.41. The van der Waals surface area contributed by atoms with Crippen molar-refractivity contribution in [3.05, 3.63) is 0 Å². The molecule has 12 heavy (non-hydrogen) atoms. The van der Waals surface area contributed by atoms with Gasteiger partial charge in [0.05, 0.1) is 6.61 Å². The minimum atomic E-state index is 0.630. The molecule has 0 spiro atoms. The van der Waals surface area contributed by atoms with E-state index in [-0.39, 0.29) is 0 Å².